The largest absolute Gasteiger partial charge is 0.493 e. The van der Waals surface area contributed by atoms with Gasteiger partial charge in [0.25, 0.3) is 0 Å². The van der Waals surface area contributed by atoms with E-state index in [4.69, 9.17) is 9.47 Å². The van der Waals surface area contributed by atoms with Crippen molar-refractivity contribution in [2.45, 2.75) is 6.54 Å². The lowest BCUT2D eigenvalue weighted by Gasteiger charge is -2.11. The minimum Gasteiger partial charge on any atom is -0.493 e. The number of rotatable bonds is 5. The number of ether oxygens (including phenoxy) is 2. The van der Waals surface area contributed by atoms with Gasteiger partial charge in [-0.15, -0.1) is 0 Å². The van der Waals surface area contributed by atoms with Crippen LogP contribution < -0.4 is 4.74 Å². The second-order valence-corrected chi connectivity index (χ2v) is 3.58. The van der Waals surface area contributed by atoms with E-state index in [0.717, 1.165) is 6.54 Å². The second kappa shape index (κ2) is 5.50. The molecule has 0 radical (unpaired) electrons. The van der Waals surface area contributed by atoms with Crippen molar-refractivity contribution in [1.29, 1.82) is 0 Å². The summed E-state index contributed by atoms with van der Waals surface area (Å²) in [6, 6.07) is 0. The fraction of sp³-hybridized carbons (Fsp3) is 0.600. The first-order valence-electron chi connectivity index (χ1n) is 4.93. The average molecular weight is 227 g/mol. The molecule has 0 aromatic carbocycles. The number of esters is 1. The monoisotopic (exact) mass is 227 g/mol. The van der Waals surface area contributed by atoms with E-state index in [2.05, 4.69) is 5.10 Å². The molecule has 0 saturated heterocycles. The van der Waals surface area contributed by atoms with Gasteiger partial charge in [-0.1, -0.05) is 0 Å². The van der Waals surface area contributed by atoms with Gasteiger partial charge < -0.3 is 14.4 Å². The van der Waals surface area contributed by atoms with E-state index in [1.54, 1.807) is 4.68 Å². The number of hydrogen-bond acceptors (Lipinski definition) is 5. The Labute approximate surface area is 94.7 Å². The minimum atomic E-state index is -0.437. The molecule has 0 aliphatic carbocycles. The van der Waals surface area contributed by atoms with Crippen molar-refractivity contribution in [3.63, 3.8) is 0 Å². The van der Waals surface area contributed by atoms with Gasteiger partial charge in [-0.3, -0.25) is 4.68 Å². The van der Waals surface area contributed by atoms with Crippen LogP contribution in [0.25, 0.3) is 0 Å². The summed E-state index contributed by atoms with van der Waals surface area (Å²) in [4.78, 5) is 13.6. The summed E-state index contributed by atoms with van der Waals surface area (Å²) in [5.41, 5.74) is 0.354. The zero-order valence-corrected chi connectivity index (χ0v) is 10.1. The van der Waals surface area contributed by atoms with Crippen molar-refractivity contribution in [2.75, 3.05) is 34.9 Å². The Hall–Kier alpha value is -1.56. The molecule has 0 unspecified atom stereocenters. The molecule has 90 valence electrons. The van der Waals surface area contributed by atoms with Crippen LogP contribution in [0.15, 0.2) is 6.20 Å². The van der Waals surface area contributed by atoms with Crippen LogP contribution >= 0.6 is 0 Å². The lowest BCUT2D eigenvalue weighted by molar-refractivity contribution is 0.0582. The molecule has 1 rings (SSSR count). The van der Waals surface area contributed by atoms with E-state index < -0.39 is 5.97 Å². The quantitative estimate of drug-likeness (QED) is 0.674. The molecule has 6 nitrogen and oxygen atoms in total. The molecule has 0 aliphatic rings. The fourth-order valence-electron chi connectivity index (χ4n) is 1.28. The maximum atomic E-state index is 11.5. The van der Waals surface area contributed by atoms with Gasteiger partial charge in [0.05, 0.1) is 27.0 Å². The summed E-state index contributed by atoms with van der Waals surface area (Å²) in [6.45, 7) is 1.40. The molecule has 0 spiro atoms. The van der Waals surface area contributed by atoms with Crippen molar-refractivity contribution in [1.82, 2.24) is 14.7 Å². The summed E-state index contributed by atoms with van der Waals surface area (Å²) >= 11 is 0. The Kier molecular flexibility index (Phi) is 4.30. The predicted molar refractivity (Wildman–Crippen MR) is 58.7 cm³/mol. The van der Waals surface area contributed by atoms with Gasteiger partial charge in [0.15, 0.2) is 11.4 Å². The second-order valence-electron chi connectivity index (χ2n) is 3.58. The van der Waals surface area contributed by atoms with Gasteiger partial charge in [0.1, 0.15) is 0 Å². The van der Waals surface area contributed by atoms with Gasteiger partial charge in [-0.05, 0) is 14.1 Å². The zero-order chi connectivity index (χ0) is 12.1. The predicted octanol–water partition coefficient (Wildman–Crippen LogP) is 0.240. The van der Waals surface area contributed by atoms with Crippen LogP contribution in [0.4, 0.5) is 0 Å². The molecule has 6 heteroatoms. The third kappa shape index (κ3) is 2.73. The molecule has 1 heterocycles. The number of aromatic nitrogens is 2. The van der Waals surface area contributed by atoms with Crippen molar-refractivity contribution in [3.05, 3.63) is 11.9 Å². The van der Waals surface area contributed by atoms with Gasteiger partial charge in [-0.25, -0.2) is 4.79 Å². The summed E-state index contributed by atoms with van der Waals surface area (Å²) in [5.74, 6) is -0.00119. The molecule has 1 aromatic rings. The van der Waals surface area contributed by atoms with E-state index in [-0.39, 0.29) is 0 Å². The molecule has 16 heavy (non-hydrogen) atoms. The summed E-state index contributed by atoms with van der Waals surface area (Å²) < 4.78 is 11.3. The number of nitrogens with zero attached hydrogens (tertiary/aromatic N) is 3. The highest BCUT2D eigenvalue weighted by molar-refractivity contribution is 5.90. The first kappa shape index (κ1) is 12.5. The van der Waals surface area contributed by atoms with Gasteiger partial charge in [0.2, 0.25) is 0 Å². The zero-order valence-electron chi connectivity index (χ0n) is 10.1. The molecule has 0 N–H and O–H groups in total. The van der Waals surface area contributed by atoms with Crippen LogP contribution in [-0.4, -0.2) is 55.5 Å². The maximum absolute atomic E-state index is 11.5. The Balaban J connectivity index is 2.91. The van der Waals surface area contributed by atoms with Crippen LogP contribution in [-0.2, 0) is 11.3 Å². The van der Waals surface area contributed by atoms with Crippen LogP contribution in [0.2, 0.25) is 0 Å². The van der Waals surface area contributed by atoms with E-state index in [1.165, 1.54) is 20.4 Å². The van der Waals surface area contributed by atoms with Crippen LogP contribution in [0.1, 0.15) is 10.5 Å². The third-order valence-corrected chi connectivity index (χ3v) is 2.16. The number of likely N-dealkylation sites (N-methyl/N-ethyl adjacent to an activating group) is 1. The molecule has 0 aliphatic heterocycles. The maximum Gasteiger partial charge on any atom is 0.360 e. The van der Waals surface area contributed by atoms with Crippen molar-refractivity contribution >= 4 is 5.97 Å². The number of hydrogen-bond donors (Lipinski definition) is 0. The first-order valence-corrected chi connectivity index (χ1v) is 4.93. The molecule has 0 bridgehead atoms. The normalized spacial score (nSPS) is 10.6. The van der Waals surface area contributed by atoms with Crippen LogP contribution in [0, 0.1) is 0 Å². The topological polar surface area (TPSA) is 56.6 Å². The van der Waals surface area contributed by atoms with Crippen LogP contribution in [0.5, 0.6) is 5.75 Å². The molecule has 0 fully saturated rings. The Morgan fingerprint density at radius 1 is 1.50 bits per heavy atom. The van der Waals surface area contributed by atoms with E-state index >= 15 is 0 Å². The van der Waals surface area contributed by atoms with E-state index in [0.29, 0.717) is 18.0 Å². The van der Waals surface area contributed by atoms with E-state index in [1.807, 2.05) is 19.0 Å². The average Bonchev–Trinajstić information content (AvgIpc) is 2.68. The minimum absolute atomic E-state index is 0.354. The highest BCUT2D eigenvalue weighted by Gasteiger charge is 2.19. The standard InChI is InChI=1S/C10H17N3O3/c1-12(2)5-6-13-9(10(14)16-4)8(15-3)7-11-13/h7H,5-6H2,1-4H3. The highest BCUT2D eigenvalue weighted by Crippen LogP contribution is 2.18. The first-order chi connectivity index (χ1) is 7.60. The Bertz CT molecular complexity index is 360. The Morgan fingerprint density at radius 2 is 2.19 bits per heavy atom. The fourth-order valence-corrected chi connectivity index (χ4v) is 1.28. The van der Waals surface area contributed by atoms with Crippen molar-refractivity contribution < 1.29 is 14.3 Å². The molecule has 0 atom stereocenters. The van der Waals surface area contributed by atoms with Gasteiger partial charge >= 0.3 is 5.97 Å². The summed E-state index contributed by atoms with van der Waals surface area (Å²) in [6.07, 6.45) is 1.52. The highest BCUT2D eigenvalue weighted by atomic mass is 16.5. The Morgan fingerprint density at radius 3 is 2.69 bits per heavy atom. The number of methoxy groups -OCH3 is 2. The molecular weight excluding hydrogens is 210 g/mol. The number of carbonyl (C=O) groups is 1. The van der Waals surface area contributed by atoms with E-state index in [9.17, 15) is 4.79 Å². The third-order valence-electron chi connectivity index (χ3n) is 2.16. The SMILES string of the molecule is COC(=O)c1c(OC)cnn1CCN(C)C. The van der Waals surface area contributed by atoms with Crippen molar-refractivity contribution in [2.24, 2.45) is 0 Å². The van der Waals surface area contributed by atoms with Crippen LogP contribution in [0.3, 0.4) is 0 Å². The summed E-state index contributed by atoms with van der Waals surface area (Å²) in [5, 5.41) is 4.09. The summed E-state index contributed by atoms with van der Waals surface area (Å²) in [7, 11) is 6.75. The lowest BCUT2D eigenvalue weighted by Crippen LogP contribution is -2.22. The molecule has 1 aromatic heterocycles. The number of carbonyl (C=O) groups excluding carboxylic acids is 1. The smallest absolute Gasteiger partial charge is 0.360 e. The lowest BCUT2D eigenvalue weighted by atomic mass is 10.4. The molecular formula is C10H17N3O3. The molecule has 0 amide bonds. The molecule has 0 saturated carbocycles. The van der Waals surface area contributed by atoms with Crippen molar-refractivity contribution in [3.8, 4) is 5.75 Å². The van der Waals surface area contributed by atoms with Gasteiger partial charge in [0, 0.05) is 6.54 Å². The van der Waals surface area contributed by atoms with Gasteiger partial charge in [-0.2, -0.15) is 5.10 Å².